The average Bonchev–Trinajstić information content (AvgIpc) is 3.10. The maximum Gasteiger partial charge on any atom is 0.243 e. The van der Waals surface area contributed by atoms with Gasteiger partial charge in [-0.3, -0.25) is 4.98 Å². The Morgan fingerprint density at radius 2 is 1.79 bits per heavy atom. The molecule has 7 heteroatoms. The summed E-state index contributed by atoms with van der Waals surface area (Å²) >= 11 is 0. The number of sulfonamides is 1. The van der Waals surface area contributed by atoms with Crippen LogP contribution in [0.2, 0.25) is 0 Å². The minimum Gasteiger partial charge on any atom is -0.328 e. The van der Waals surface area contributed by atoms with Gasteiger partial charge in [-0.1, -0.05) is 18.2 Å². The molecular weight excluding hydrogens is 372 g/mol. The number of imidazole rings is 1. The molecule has 146 valence electrons. The third kappa shape index (κ3) is 3.72. The van der Waals surface area contributed by atoms with Crippen molar-refractivity contribution >= 4 is 10.0 Å². The lowest BCUT2D eigenvalue weighted by molar-refractivity contribution is 0.252. The van der Waals surface area contributed by atoms with Gasteiger partial charge in [-0.25, -0.2) is 13.4 Å². The fraction of sp³-hybridized carbons (Fsp3) is 0.333. The van der Waals surface area contributed by atoms with Crippen LogP contribution in [0.1, 0.15) is 18.5 Å². The summed E-state index contributed by atoms with van der Waals surface area (Å²) in [5.74, 6) is 1.34. The van der Waals surface area contributed by atoms with Gasteiger partial charge < -0.3 is 4.57 Å². The van der Waals surface area contributed by atoms with Gasteiger partial charge in [0.25, 0.3) is 0 Å². The first kappa shape index (κ1) is 18.8. The first-order valence-corrected chi connectivity index (χ1v) is 11.0. The average molecular weight is 397 g/mol. The minimum absolute atomic E-state index is 0.373. The number of rotatable bonds is 5. The van der Waals surface area contributed by atoms with E-state index in [2.05, 4.69) is 21.5 Å². The molecule has 1 aliphatic heterocycles. The lowest BCUT2D eigenvalue weighted by atomic mass is 9.98. The highest BCUT2D eigenvalue weighted by Crippen LogP contribution is 2.27. The lowest BCUT2D eigenvalue weighted by Gasteiger charge is -2.31. The molecule has 6 nitrogen and oxygen atoms in total. The molecular formula is C21H24N4O2S. The zero-order valence-corrected chi connectivity index (χ0v) is 16.7. The number of aryl methyl sites for hydroxylation is 1. The maximum atomic E-state index is 12.8. The van der Waals surface area contributed by atoms with E-state index >= 15 is 0 Å². The molecule has 1 aromatic carbocycles. The van der Waals surface area contributed by atoms with Crippen LogP contribution in [0.25, 0.3) is 11.4 Å². The van der Waals surface area contributed by atoms with Crippen LogP contribution in [0.3, 0.4) is 0 Å². The molecule has 0 saturated carbocycles. The summed E-state index contributed by atoms with van der Waals surface area (Å²) in [6.45, 7) is 4.01. The van der Waals surface area contributed by atoms with E-state index in [4.69, 9.17) is 0 Å². The van der Waals surface area contributed by atoms with Gasteiger partial charge >= 0.3 is 0 Å². The van der Waals surface area contributed by atoms with Crippen molar-refractivity contribution in [3.8, 4) is 11.4 Å². The highest BCUT2D eigenvalue weighted by atomic mass is 32.2. The Bertz CT molecular complexity index is 1020. The molecule has 0 spiro atoms. The number of pyridine rings is 1. The smallest absolute Gasteiger partial charge is 0.243 e. The van der Waals surface area contributed by atoms with E-state index in [1.165, 1.54) is 0 Å². The molecule has 0 amide bonds. The van der Waals surface area contributed by atoms with Crippen LogP contribution in [0.5, 0.6) is 0 Å². The number of aromatic nitrogens is 3. The van der Waals surface area contributed by atoms with Crippen molar-refractivity contribution in [2.75, 3.05) is 13.1 Å². The van der Waals surface area contributed by atoms with Crippen molar-refractivity contribution in [2.45, 2.75) is 31.2 Å². The fourth-order valence-corrected chi connectivity index (χ4v) is 5.24. The summed E-state index contributed by atoms with van der Waals surface area (Å²) in [5.41, 5.74) is 2.11. The zero-order chi connectivity index (χ0) is 19.6. The second-order valence-electron chi connectivity index (χ2n) is 7.24. The van der Waals surface area contributed by atoms with Crippen LogP contribution in [0.15, 0.2) is 66.0 Å². The topological polar surface area (TPSA) is 68.1 Å². The molecule has 0 N–H and O–H groups in total. The first-order valence-electron chi connectivity index (χ1n) is 9.53. The maximum absolute atomic E-state index is 12.8. The second-order valence-corrected chi connectivity index (χ2v) is 9.17. The van der Waals surface area contributed by atoms with Gasteiger partial charge in [0.2, 0.25) is 10.0 Å². The van der Waals surface area contributed by atoms with E-state index in [0.717, 1.165) is 36.5 Å². The highest BCUT2D eigenvalue weighted by molar-refractivity contribution is 7.89. The van der Waals surface area contributed by atoms with Gasteiger partial charge in [0.05, 0.1) is 4.90 Å². The van der Waals surface area contributed by atoms with Crippen molar-refractivity contribution in [1.29, 1.82) is 0 Å². The Hall–Kier alpha value is -2.51. The summed E-state index contributed by atoms with van der Waals surface area (Å²) in [4.78, 5) is 9.13. The SMILES string of the molecule is Cc1cnc(-c2cccnc2)n1CC1CCN(S(=O)(=O)c2ccccc2)CC1. The van der Waals surface area contributed by atoms with E-state index < -0.39 is 10.0 Å². The van der Waals surface area contributed by atoms with E-state index in [9.17, 15) is 8.42 Å². The van der Waals surface area contributed by atoms with Crippen LogP contribution in [0, 0.1) is 12.8 Å². The number of hydrogen-bond acceptors (Lipinski definition) is 4. The Morgan fingerprint density at radius 3 is 2.46 bits per heavy atom. The van der Waals surface area contributed by atoms with Crippen LogP contribution < -0.4 is 0 Å². The summed E-state index contributed by atoms with van der Waals surface area (Å²) in [6.07, 6.45) is 7.16. The molecule has 1 aliphatic rings. The molecule has 2 aromatic heterocycles. The van der Waals surface area contributed by atoms with E-state index in [-0.39, 0.29) is 0 Å². The molecule has 3 aromatic rings. The standard InChI is InChI=1S/C21H24N4O2S/c1-17-14-23-21(19-6-5-11-22-15-19)25(17)16-18-9-12-24(13-10-18)28(26,27)20-7-3-2-4-8-20/h2-8,11,14-15,18H,9-10,12-13,16H2,1H3. The van der Waals surface area contributed by atoms with E-state index in [1.54, 1.807) is 34.8 Å². The van der Waals surface area contributed by atoms with Crippen molar-refractivity contribution in [3.63, 3.8) is 0 Å². The van der Waals surface area contributed by atoms with Gasteiger partial charge in [-0.15, -0.1) is 0 Å². The van der Waals surface area contributed by atoms with Crippen LogP contribution >= 0.6 is 0 Å². The number of piperidine rings is 1. The molecule has 0 unspecified atom stereocenters. The fourth-order valence-electron chi connectivity index (χ4n) is 3.75. The summed E-state index contributed by atoms with van der Waals surface area (Å²) in [6, 6.07) is 12.6. The predicted molar refractivity (Wildman–Crippen MR) is 108 cm³/mol. The summed E-state index contributed by atoms with van der Waals surface area (Å²) < 4.78 is 29.5. The molecule has 28 heavy (non-hydrogen) atoms. The molecule has 1 saturated heterocycles. The van der Waals surface area contributed by atoms with E-state index in [1.807, 2.05) is 30.6 Å². The highest BCUT2D eigenvalue weighted by Gasteiger charge is 2.29. The van der Waals surface area contributed by atoms with Gasteiger partial charge in [0, 0.05) is 49.5 Å². The number of benzene rings is 1. The summed E-state index contributed by atoms with van der Waals surface area (Å²) in [7, 11) is -3.40. The Balaban J connectivity index is 1.45. The third-order valence-corrected chi connectivity index (χ3v) is 7.28. The van der Waals surface area contributed by atoms with Gasteiger partial charge in [0.15, 0.2) is 0 Å². The van der Waals surface area contributed by atoms with E-state index in [0.29, 0.717) is 23.9 Å². The largest absolute Gasteiger partial charge is 0.328 e. The first-order chi connectivity index (χ1) is 13.6. The van der Waals surface area contributed by atoms with Gasteiger partial charge in [-0.2, -0.15) is 4.31 Å². The van der Waals surface area contributed by atoms with Crippen LogP contribution in [-0.4, -0.2) is 40.3 Å². The van der Waals surface area contributed by atoms with Crippen molar-refractivity contribution in [2.24, 2.45) is 5.92 Å². The Kier molecular flexibility index (Phi) is 5.28. The van der Waals surface area contributed by atoms with Crippen LogP contribution in [-0.2, 0) is 16.6 Å². The van der Waals surface area contributed by atoms with Crippen molar-refractivity contribution in [1.82, 2.24) is 18.8 Å². The quantitative estimate of drug-likeness (QED) is 0.663. The monoisotopic (exact) mass is 396 g/mol. The molecule has 0 aliphatic carbocycles. The molecule has 4 rings (SSSR count). The van der Waals surface area contributed by atoms with Crippen molar-refractivity contribution < 1.29 is 8.42 Å². The number of hydrogen-bond donors (Lipinski definition) is 0. The molecule has 0 atom stereocenters. The Labute approximate surface area is 165 Å². The summed E-state index contributed by atoms with van der Waals surface area (Å²) in [5, 5.41) is 0. The minimum atomic E-state index is -3.40. The second kappa shape index (κ2) is 7.85. The van der Waals surface area contributed by atoms with Crippen molar-refractivity contribution in [3.05, 3.63) is 66.7 Å². The lowest BCUT2D eigenvalue weighted by Crippen LogP contribution is -2.39. The molecule has 1 fully saturated rings. The molecule has 0 radical (unpaired) electrons. The molecule has 3 heterocycles. The van der Waals surface area contributed by atoms with Gasteiger partial charge in [-0.05, 0) is 49.9 Å². The zero-order valence-electron chi connectivity index (χ0n) is 15.9. The predicted octanol–water partition coefficient (Wildman–Crippen LogP) is 3.35. The van der Waals surface area contributed by atoms with Gasteiger partial charge in [0.1, 0.15) is 5.82 Å². The molecule has 0 bridgehead atoms. The normalized spacial score (nSPS) is 16.3. The van der Waals surface area contributed by atoms with Crippen LogP contribution in [0.4, 0.5) is 0 Å². The number of nitrogens with zero attached hydrogens (tertiary/aromatic N) is 4. The third-order valence-electron chi connectivity index (χ3n) is 5.37. The Morgan fingerprint density at radius 1 is 1.04 bits per heavy atom.